The molecule has 0 amide bonds. The lowest BCUT2D eigenvalue weighted by molar-refractivity contribution is 0.176. The molecule has 98 valence electrons. The van der Waals surface area contributed by atoms with Crippen LogP contribution in [0.25, 0.3) is 0 Å². The maximum atomic E-state index is 10.4. The largest absolute Gasteiger partial charge is 0.450 e. The van der Waals surface area contributed by atoms with E-state index in [-0.39, 0.29) is 0 Å². The summed E-state index contributed by atoms with van der Waals surface area (Å²) >= 11 is 9.99. The normalized spacial score (nSPS) is 12.9. The molecule has 7 heteroatoms. The number of aliphatic hydroxyl groups excluding tert-OH is 1. The van der Waals surface area contributed by atoms with Crippen LogP contribution in [0.1, 0.15) is 30.9 Å². The molecule has 0 aromatic carbocycles. The molecule has 2 aromatic rings. The number of furan rings is 1. The van der Waals surface area contributed by atoms with Crippen LogP contribution in [-0.4, -0.2) is 14.9 Å². The van der Waals surface area contributed by atoms with Crippen LogP contribution in [0.5, 0.6) is 0 Å². The molecule has 0 saturated carbocycles. The van der Waals surface area contributed by atoms with Crippen molar-refractivity contribution < 1.29 is 9.52 Å². The van der Waals surface area contributed by atoms with Crippen molar-refractivity contribution in [3.63, 3.8) is 0 Å². The van der Waals surface area contributed by atoms with Crippen LogP contribution in [0.4, 0.5) is 0 Å². The van der Waals surface area contributed by atoms with Crippen molar-refractivity contribution in [2.75, 3.05) is 0 Å². The van der Waals surface area contributed by atoms with Gasteiger partial charge in [0.25, 0.3) is 0 Å². The van der Waals surface area contributed by atoms with Gasteiger partial charge in [0.2, 0.25) is 0 Å². The van der Waals surface area contributed by atoms with E-state index in [1.54, 1.807) is 16.9 Å². The number of aryl methyl sites for hydroxylation is 1. The van der Waals surface area contributed by atoms with Crippen LogP contribution < -0.4 is 0 Å². The molecule has 4 nitrogen and oxygen atoms in total. The average Bonchev–Trinajstić information content (AvgIpc) is 2.84. The van der Waals surface area contributed by atoms with Crippen LogP contribution in [0.15, 0.2) is 30.3 Å². The Labute approximate surface area is 130 Å². The van der Waals surface area contributed by atoms with E-state index < -0.39 is 6.10 Å². The zero-order valence-corrected chi connectivity index (χ0v) is 14.3. The highest BCUT2D eigenvalue weighted by molar-refractivity contribution is 9.13. The minimum absolute atomic E-state index is 0.465. The minimum Gasteiger partial charge on any atom is -0.450 e. The molecule has 0 aliphatic rings. The monoisotopic (exact) mass is 440 g/mol. The molecule has 0 aliphatic carbocycles. The summed E-state index contributed by atoms with van der Waals surface area (Å²) in [5, 5.41) is 14.6. The first-order valence-electron chi connectivity index (χ1n) is 5.38. The second-order valence-electron chi connectivity index (χ2n) is 3.77. The Hall–Kier alpha value is -0.110. The fourth-order valence-corrected chi connectivity index (χ4v) is 2.79. The van der Waals surface area contributed by atoms with Gasteiger partial charge in [0.1, 0.15) is 5.76 Å². The number of hydrogen-bond donors (Lipinski definition) is 1. The molecule has 1 N–H and O–H groups in total. The number of aliphatic hydroxyl groups is 1. The van der Waals surface area contributed by atoms with Gasteiger partial charge in [-0.15, -0.1) is 0 Å². The standard InChI is InChI=1S/C11H11Br3N2O2/c1-2-3-16-9(7(13)5-15-16)10(17)8-4-6(12)11(14)18-8/h4-5,10,17H,2-3H2,1H3. The molecule has 0 spiro atoms. The average molecular weight is 443 g/mol. The Morgan fingerprint density at radius 1 is 1.39 bits per heavy atom. The Balaban J connectivity index is 2.38. The molecule has 1 atom stereocenters. The molecular weight excluding hydrogens is 432 g/mol. The first kappa shape index (κ1) is 14.3. The van der Waals surface area contributed by atoms with Gasteiger partial charge in [-0.05, 0) is 60.3 Å². The summed E-state index contributed by atoms with van der Waals surface area (Å²) < 4.78 is 9.33. The lowest BCUT2D eigenvalue weighted by Gasteiger charge is -2.11. The molecule has 2 aromatic heterocycles. The number of nitrogens with zero attached hydrogens (tertiary/aromatic N) is 2. The van der Waals surface area contributed by atoms with Gasteiger partial charge < -0.3 is 9.52 Å². The van der Waals surface area contributed by atoms with Gasteiger partial charge in [0.05, 0.1) is 20.8 Å². The van der Waals surface area contributed by atoms with E-state index in [1.165, 1.54) is 0 Å². The van der Waals surface area contributed by atoms with Crippen LogP contribution in [0, 0.1) is 0 Å². The molecule has 0 radical (unpaired) electrons. The third-order valence-electron chi connectivity index (χ3n) is 2.46. The van der Waals surface area contributed by atoms with Crippen LogP contribution >= 0.6 is 47.8 Å². The van der Waals surface area contributed by atoms with Gasteiger partial charge in [0.15, 0.2) is 10.8 Å². The predicted molar refractivity (Wildman–Crippen MR) is 78.4 cm³/mol. The first-order valence-corrected chi connectivity index (χ1v) is 7.76. The summed E-state index contributed by atoms with van der Waals surface area (Å²) in [7, 11) is 0. The third kappa shape index (κ3) is 2.74. The third-order valence-corrected chi connectivity index (χ3v) is 4.78. The number of hydrogen-bond acceptors (Lipinski definition) is 3. The molecule has 0 fully saturated rings. The van der Waals surface area contributed by atoms with Crippen molar-refractivity contribution in [3.8, 4) is 0 Å². The SMILES string of the molecule is CCCn1ncc(Br)c1C(O)c1cc(Br)c(Br)o1. The molecule has 0 saturated heterocycles. The van der Waals surface area contributed by atoms with Crippen molar-refractivity contribution in [3.05, 3.63) is 37.3 Å². The summed E-state index contributed by atoms with van der Waals surface area (Å²) in [4.78, 5) is 0. The van der Waals surface area contributed by atoms with Gasteiger partial charge >= 0.3 is 0 Å². The van der Waals surface area contributed by atoms with E-state index in [0.29, 0.717) is 16.1 Å². The highest BCUT2D eigenvalue weighted by Gasteiger charge is 2.23. The van der Waals surface area contributed by atoms with Crippen LogP contribution in [0.3, 0.4) is 0 Å². The van der Waals surface area contributed by atoms with Crippen molar-refractivity contribution in [2.24, 2.45) is 0 Å². The topological polar surface area (TPSA) is 51.2 Å². The molecule has 0 aliphatic heterocycles. The lowest BCUT2D eigenvalue weighted by atomic mass is 10.2. The fourth-order valence-electron chi connectivity index (χ4n) is 1.67. The lowest BCUT2D eigenvalue weighted by Crippen LogP contribution is -2.10. The quantitative estimate of drug-likeness (QED) is 0.769. The molecule has 1 unspecified atom stereocenters. The van der Waals surface area contributed by atoms with Crippen LogP contribution in [-0.2, 0) is 6.54 Å². The van der Waals surface area contributed by atoms with Crippen molar-refractivity contribution in [1.82, 2.24) is 9.78 Å². The number of halogens is 3. The maximum Gasteiger partial charge on any atom is 0.183 e. The van der Waals surface area contributed by atoms with E-state index in [4.69, 9.17) is 4.42 Å². The zero-order chi connectivity index (χ0) is 13.3. The maximum absolute atomic E-state index is 10.4. The Bertz CT molecular complexity index is 531. The van der Waals surface area contributed by atoms with Gasteiger partial charge in [-0.1, -0.05) is 6.92 Å². The molecular formula is C11H11Br3N2O2. The fraction of sp³-hybridized carbons (Fsp3) is 0.364. The van der Waals surface area contributed by atoms with Crippen molar-refractivity contribution in [1.29, 1.82) is 0 Å². The molecule has 2 heterocycles. The summed E-state index contributed by atoms with van der Waals surface area (Å²) in [6.45, 7) is 2.81. The summed E-state index contributed by atoms with van der Waals surface area (Å²) in [5.41, 5.74) is 0.700. The van der Waals surface area contributed by atoms with E-state index in [9.17, 15) is 5.11 Å². The Kier molecular flexibility index (Phi) is 4.69. The Morgan fingerprint density at radius 2 is 2.11 bits per heavy atom. The smallest absolute Gasteiger partial charge is 0.183 e. The van der Waals surface area contributed by atoms with E-state index in [0.717, 1.165) is 21.9 Å². The minimum atomic E-state index is -0.851. The van der Waals surface area contributed by atoms with Crippen molar-refractivity contribution in [2.45, 2.75) is 26.0 Å². The summed E-state index contributed by atoms with van der Waals surface area (Å²) in [6, 6.07) is 1.74. The van der Waals surface area contributed by atoms with E-state index in [2.05, 4.69) is 59.8 Å². The second-order valence-corrected chi connectivity index (χ2v) is 6.20. The van der Waals surface area contributed by atoms with Gasteiger partial charge in [-0.3, -0.25) is 4.68 Å². The van der Waals surface area contributed by atoms with Gasteiger partial charge in [0, 0.05) is 6.54 Å². The highest BCUT2D eigenvalue weighted by Crippen LogP contribution is 2.34. The highest BCUT2D eigenvalue weighted by atomic mass is 79.9. The predicted octanol–water partition coefficient (Wildman–Crippen LogP) is 4.26. The molecule has 18 heavy (non-hydrogen) atoms. The number of rotatable bonds is 4. The van der Waals surface area contributed by atoms with Gasteiger partial charge in [-0.25, -0.2) is 0 Å². The second kappa shape index (κ2) is 5.90. The Morgan fingerprint density at radius 3 is 2.67 bits per heavy atom. The first-order chi connectivity index (χ1) is 8.54. The van der Waals surface area contributed by atoms with Crippen molar-refractivity contribution >= 4 is 47.8 Å². The molecule has 0 bridgehead atoms. The summed E-state index contributed by atoms with van der Waals surface area (Å²) in [5.74, 6) is 0.465. The zero-order valence-electron chi connectivity index (χ0n) is 9.53. The van der Waals surface area contributed by atoms with E-state index >= 15 is 0 Å². The number of aromatic nitrogens is 2. The molecule has 2 rings (SSSR count). The van der Waals surface area contributed by atoms with Crippen LogP contribution in [0.2, 0.25) is 0 Å². The summed E-state index contributed by atoms with van der Waals surface area (Å²) in [6.07, 6.45) is 1.77. The van der Waals surface area contributed by atoms with E-state index in [1.807, 2.05) is 0 Å². The van der Waals surface area contributed by atoms with Gasteiger partial charge in [-0.2, -0.15) is 5.10 Å².